The minimum atomic E-state index is 0.452. The number of halogens is 1. The number of nitrogens with zero attached hydrogens (tertiary/aromatic N) is 1. The molecule has 1 aliphatic rings. The molecule has 0 bridgehead atoms. The number of hydrogen-bond acceptors (Lipinski definition) is 2. The Kier molecular flexibility index (Phi) is 4.43. The van der Waals surface area contributed by atoms with E-state index in [4.69, 9.17) is 11.6 Å². The molecule has 0 spiro atoms. The van der Waals surface area contributed by atoms with Crippen molar-refractivity contribution in [2.45, 2.75) is 19.4 Å². The largest absolute Gasteiger partial charge is 0.316 e. The van der Waals surface area contributed by atoms with Crippen LogP contribution in [0.4, 0.5) is 0 Å². The number of hydrogen-bond donors (Lipinski definition) is 1. The van der Waals surface area contributed by atoms with Crippen LogP contribution in [0.5, 0.6) is 0 Å². The number of benzene rings is 1. The van der Waals surface area contributed by atoms with Gasteiger partial charge in [-0.05, 0) is 57.1 Å². The van der Waals surface area contributed by atoms with Gasteiger partial charge in [-0.15, -0.1) is 0 Å². The molecular weight excluding hydrogens is 232 g/mol. The molecule has 1 fully saturated rings. The highest BCUT2D eigenvalue weighted by atomic mass is 35.5. The van der Waals surface area contributed by atoms with Crippen LogP contribution in [0.2, 0.25) is 5.02 Å². The van der Waals surface area contributed by atoms with Gasteiger partial charge in [0.25, 0.3) is 0 Å². The second-order valence-electron chi connectivity index (χ2n) is 5.03. The number of rotatable bonds is 4. The lowest BCUT2D eigenvalue weighted by Gasteiger charge is -2.27. The molecule has 1 aromatic carbocycles. The maximum atomic E-state index is 5.91. The molecular formula is C14H21ClN2. The van der Waals surface area contributed by atoms with Crippen LogP contribution in [-0.2, 0) is 0 Å². The van der Waals surface area contributed by atoms with Gasteiger partial charge in [0.05, 0.1) is 0 Å². The zero-order valence-corrected chi connectivity index (χ0v) is 11.4. The molecule has 2 nitrogen and oxygen atoms in total. The van der Waals surface area contributed by atoms with Crippen LogP contribution >= 0.6 is 11.6 Å². The molecule has 94 valence electrons. The fourth-order valence-corrected chi connectivity index (χ4v) is 2.56. The molecule has 3 heteroatoms. The highest BCUT2D eigenvalue weighted by Gasteiger charge is 2.19. The van der Waals surface area contributed by atoms with Gasteiger partial charge in [-0.3, -0.25) is 4.90 Å². The summed E-state index contributed by atoms with van der Waals surface area (Å²) in [6, 6.07) is 8.64. The quantitative estimate of drug-likeness (QED) is 0.887. The van der Waals surface area contributed by atoms with E-state index in [0.29, 0.717) is 6.04 Å². The average Bonchev–Trinajstić information content (AvgIpc) is 2.82. The van der Waals surface area contributed by atoms with Crippen molar-refractivity contribution in [2.75, 3.05) is 26.7 Å². The first-order chi connectivity index (χ1) is 8.16. The summed E-state index contributed by atoms with van der Waals surface area (Å²) in [6.45, 7) is 5.76. The summed E-state index contributed by atoms with van der Waals surface area (Å²) in [5.41, 5.74) is 1.34. The fourth-order valence-electron chi connectivity index (χ4n) is 2.43. The van der Waals surface area contributed by atoms with Gasteiger partial charge in [-0.1, -0.05) is 23.7 Å². The molecule has 1 aliphatic heterocycles. The predicted octanol–water partition coefficient (Wildman–Crippen LogP) is 2.94. The molecule has 1 N–H and O–H groups in total. The van der Waals surface area contributed by atoms with Crippen molar-refractivity contribution in [2.24, 2.45) is 5.92 Å². The van der Waals surface area contributed by atoms with Crippen molar-refractivity contribution in [3.8, 4) is 0 Å². The van der Waals surface area contributed by atoms with Crippen molar-refractivity contribution in [3.05, 3.63) is 34.9 Å². The fraction of sp³-hybridized carbons (Fsp3) is 0.571. The van der Waals surface area contributed by atoms with E-state index in [1.807, 2.05) is 12.1 Å². The van der Waals surface area contributed by atoms with Gasteiger partial charge in [0.1, 0.15) is 0 Å². The van der Waals surface area contributed by atoms with Crippen molar-refractivity contribution in [1.82, 2.24) is 10.2 Å². The lowest BCUT2D eigenvalue weighted by molar-refractivity contribution is 0.226. The standard InChI is InChI=1S/C14H21ClN2/c1-11(13-3-5-14(15)6-4-13)17(2)10-12-7-8-16-9-12/h3-6,11-12,16H,7-10H2,1-2H3. The zero-order chi connectivity index (χ0) is 12.3. The van der Waals surface area contributed by atoms with Crippen LogP contribution in [0.15, 0.2) is 24.3 Å². The highest BCUT2D eigenvalue weighted by Crippen LogP contribution is 2.22. The Morgan fingerprint density at radius 2 is 2.12 bits per heavy atom. The molecule has 1 saturated heterocycles. The first kappa shape index (κ1) is 12.9. The normalized spacial score (nSPS) is 22.0. The minimum Gasteiger partial charge on any atom is -0.316 e. The summed E-state index contributed by atoms with van der Waals surface area (Å²) >= 11 is 5.91. The van der Waals surface area contributed by atoms with E-state index in [1.54, 1.807) is 0 Å². The summed E-state index contributed by atoms with van der Waals surface area (Å²) in [4.78, 5) is 2.43. The summed E-state index contributed by atoms with van der Waals surface area (Å²) in [6.07, 6.45) is 1.30. The van der Waals surface area contributed by atoms with Crippen LogP contribution in [0.25, 0.3) is 0 Å². The van der Waals surface area contributed by atoms with Gasteiger partial charge >= 0.3 is 0 Å². The van der Waals surface area contributed by atoms with Crippen LogP contribution in [0.3, 0.4) is 0 Å². The van der Waals surface area contributed by atoms with Gasteiger partial charge in [0.2, 0.25) is 0 Å². The van der Waals surface area contributed by atoms with Crippen LogP contribution in [-0.4, -0.2) is 31.6 Å². The Morgan fingerprint density at radius 1 is 1.41 bits per heavy atom. The summed E-state index contributed by atoms with van der Waals surface area (Å²) in [5, 5.41) is 4.23. The monoisotopic (exact) mass is 252 g/mol. The molecule has 0 aromatic heterocycles. The Labute approximate surface area is 109 Å². The zero-order valence-electron chi connectivity index (χ0n) is 10.6. The van der Waals surface area contributed by atoms with Gasteiger partial charge < -0.3 is 5.32 Å². The Balaban J connectivity index is 1.93. The third kappa shape index (κ3) is 3.44. The molecule has 0 amide bonds. The lowest BCUT2D eigenvalue weighted by atomic mass is 10.0. The van der Waals surface area contributed by atoms with Crippen LogP contribution < -0.4 is 5.32 Å². The molecule has 1 aromatic rings. The van der Waals surface area contributed by atoms with E-state index >= 15 is 0 Å². The highest BCUT2D eigenvalue weighted by molar-refractivity contribution is 6.30. The first-order valence-electron chi connectivity index (χ1n) is 6.33. The van der Waals surface area contributed by atoms with Crippen LogP contribution in [0.1, 0.15) is 24.9 Å². The maximum absolute atomic E-state index is 5.91. The van der Waals surface area contributed by atoms with Crippen molar-refractivity contribution in [1.29, 1.82) is 0 Å². The average molecular weight is 253 g/mol. The van der Waals surface area contributed by atoms with E-state index in [0.717, 1.165) is 24.0 Å². The number of nitrogens with one attached hydrogen (secondary N) is 1. The molecule has 2 unspecified atom stereocenters. The smallest absolute Gasteiger partial charge is 0.0406 e. The first-order valence-corrected chi connectivity index (χ1v) is 6.71. The molecule has 0 radical (unpaired) electrons. The maximum Gasteiger partial charge on any atom is 0.0406 e. The van der Waals surface area contributed by atoms with Gasteiger partial charge in [-0.25, -0.2) is 0 Å². The van der Waals surface area contributed by atoms with E-state index in [1.165, 1.54) is 18.5 Å². The van der Waals surface area contributed by atoms with Crippen molar-refractivity contribution >= 4 is 11.6 Å². The Hall–Kier alpha value is -0.570. The topological polar surface area (TPSA) is 15.3 Å². The Bertz CT molecular complexity index is 344. The SMILES string of the molecule is CC(c1ccc(Cl)cc1)N(C)CC1CCNC1. The molecule has 17 heavy (non-hydrogen) atoms. The van der Waals surface area contributed by atoms with Gasteiger partial charge in [0.15, 0.2) is 0 Å². The van der Waals surface area contributed by atoms with Crippen LogP contribution in [0, 0.1) is 5.92 Å². The van der Waals surface area contributed by atoms with E-state index in [2.05, 4.69) is 36.3 Å². The third-order valence-corrected chi connectivity index (χ3v) is 3.97. The van der Waals surface area contributed by atoms with E-state index in [-0.39, 0.29) is 0 Å². The Morgan fingerprint density at radius 3 is 2.71 bits per heavy atom. The van der Waals surface area contributed by atoms with Gasteiger partial charge in [0, 0.05) is 17.6 Å². The minimum absolute atomic E-state index is 0.452. The van der Waals surface area contributed by atoms with E-state index in [9.17, 15) is 0 Å². The van der Waals surface area contributed by atoms with Crippen molar-refractivity contribution in [3.63, 3.8) is 0 Å². The molecule has 2 atom stereocenters. The molecule has 0 aliphatic carbocycles. The molecule has 2 rings (SSSR count). The predicted molar refractivity (Wildman–Crippen MR) is 73.5 cm³/mol. The van der Waals surface area contributed by atoms with Crippen molar-refractivity contribution < 1.29 is 0 Å². The second kappa shape index (κ2) is 5.85. The summed E-state index contributed by atoms with van der Waals surface area (Å²) in [5.74, 6) is 0.801. The third-order valence-electron chi connectivity index (χ3n) is 3.72. The summed E-state index contributed by atoms with van der Waals surface area (Å²) in [7, 11) is 2.21. The molecule has 0 saturated carbocycles. The molecule has 1 heterocycles. The van der Waals surface area contributed by atoms with E-state index < -0.39 is 0 Å². The second-order valence-corrected chi connectivity index (χ2v) is 5.46. The lowest BCUT2D eigenvalue weighted by Crippen LogP contribution is -2.29. The summed E-state index contributed by atoms with van der Waals surface area (Å²) < 4.78 is 0. The van der Waals surface area contributed by atoms with Gasteiger partial charge in [-0.2, -0.15) is 0 Å².